The van der Waals surface area contributed by atoms with Crippen molar-refractivity contribution in [2.45, 2.75) is 19.5 Å². The van der Waals surface area contributed by atoms with Crippen molar-refractivity contribution in [1.82, 2.24) is 9.88 Å². The lowest BCUT2D eigenvalue weighted by atomic mass is 10.1. The van der Waals surface area contributed by atoms with E-state index in [2.05, 4.69) is 11.1 Å². The van der Waals surface area contributed by atoms with Crippen LogP contribution in [0.15, 0.2) is 59.7 Å². The number of nitriles is 1. The summed E-state index contributed by atoms with van der Waals surface area (Å²) >= 11 is 1.36. The summed E-state index contributed by atoms with van der Waals surface area (Å²) in [6, 6.07) is 15.0. The molecule has 0 saturated carbocycles. The lowest BCUT2D eigenvalue weighted by Crippen LogP contribution is -2.32. The molecule has 1 aliphatic heterocycles. The van der Waals surface area contributed by atoms with E-state index in [9.17, 15) is 9.50 Å². The molecule has 0 radical (unpaired) electrons. The molecule has 2 N–H and O–H groups in total. The van der Waals surface area contributed by atoms with Crippen molar-refractivity contribution in [2.75, 3.05) is 0 Å². The van der Waals surface area contributed by atoms with Gasteiger partial charge in [-0.15, -0.1) is 11.3 Å². The first-order valence-corrected chi connectivity index (χ1v) is 9.85. The Hall–Kier alpha value is -3.50. The van der Waals surface area contributed by atoms with E-state index in [4.69, 9.17) is 10.7 Å². The summed E-state index contributed by atoms with van der Waals surface area (Å²) in [7, 11) is 0. The fourth-order valence-corrected chi connectivity index (χ4v) is 4.15. The minimum atomic E-state index is -0.371. The molecule has 7 heteroatoms. The third-order valence-electron chi connectivity index (χ3n) is 4.94. The van der Waals surface area contributed by atoms with Gasteiger partial charge in [0.15, 0.2) is 0 Å². The van der Waals surface area contributed by atoms with E-state index < -0.39 is 0 Å². The Bertz CT molecular complexity index is 1140. The van der Waals surface area contributed by atoms with Crippen molar-refractivity contribution < 1.29 is 9.50 Å². The highest BCUT2D eigenvalue weighted by Crippen LogP contribution is 2.35. The molecule has 29 heavy (non-hydrogen) atoms. The number of aromatic nitrogens is 1. The van der Waals surface area contributed by atoms with Gasteiger partial charge in [-0.1, -0.05) is 24.3 Å². The van der Waals surface area contributed by atoms with Crippen molar-refractivity contribution >= 4 is 22.7 Å². The van der Waals surface area contributed by atoms with Crippen LogP contribution in [0.5, 0.6) is 0 Å². The van der Waals surface area contributed by atoms with Crippen molar-refractivity contribution in [2.24, 2.45) is 0 Å². The standard InChI is InChI=1S/C22H17FN4OS/c1-13-20(28)19(21(25)27(13)11-15-4-8-17(23)9-5-15)22-26-18(12-29-22)16-6-2-14(10-24)3-7-16/h2-9,12-13,25,28H,11H2,1H3. The van der Waals surface area contributed by atoms with E-state index in [-0.39, 0.29) is 23.5 Å². The summed E-state index contributed by atoms with van der Waals surface area (Å²) in [6.45, 7) is 2.22. The number of halogens is 1. The van der Waals surface area contributed by atoms with Gasteiger partial charge in [0.2, 0.25) is 0 Å². The van der Waals surface area contributed by atoms with Crippen LogP contribution < -0.4 is 0 Å². The first-order chi connectivity index (χ1) is 14.0. The zero-order valence-electron chi connectivity index (χ0n) is 15.6. The summed E-state index contributed by atoms with van der Waals surface area (Å²) < 4.78 is 13.2. The maximum atomic E-state index is 13.2. The maximum absolute atomic E-state index is 13.2. The minimum absolute atomic E-state index is 0.109. The number of thiazole rings is 1. The molecule has 2 heterocycles. The van der Waals surface area contributed by atoms with Crippen LogP contribution in [-0.4, -0.2) is 26.9 Å². The Morgan fingerprint density at radius 1 is 1.21 bits per heavy atom. The molecule has 2 aromatic carbocycles. The second-order valence-electron chi connectivity index (χ2n) is 6.77. The molecule has 1 unspecified atom stereocenters. The largest absolute Gasteiger partial charge is 0.509 e. The predicted octanol–water partition coefficient (Wildman–Crippen LogP) is 4.97. The van der Waals surface area contributed by atoms with Crippen molar-refractivity contribution in [3.8, 4) is 17.3 Å². The van der Waals surface area contributed by atoms with Crippen molar-refractivity contribution in [3.05, 3.63) is 81.6 Å². The van der Waals surface area contributed by atoms with Gasteiger partial charge in [-0.25, -0.2) is 9.37 Å². The molecule has 5 nitrogen and oxygen atoms in total. The van der Waals surface area contributed by atoms with Gasteiger partial charge < -0.3 is 10.0 Å². The summed E-state index contributed by atoms with van der Waals surface area (Å²) in [5, 5.41) is 30.6. The predicted molar refractivity (Wildman–Crippen MR) is 111 cm³/mol. The zero-order chi connectivity index (χ0) is 20.5. The van der Waals surface area contributed by atoms with Crippen LogP contribution in [0.25, 0.3) is 16.8 Å². The number of aliphatic hydroxyl groups excluding tert-OH is 1. The highest BCUT2D eigenvalue weighted by Gasteiger charge is 2.36. The highest BCUT2D eigenvalue weighted by atomic mass is 32.1. The van der Waals surface area contributed by atoms with E-state index in [0.717, 1.165) is 16.8 Å². The van der Waals surface area contributed by atoms with Crippen LogP contribution in [0.1, 0.15) is 23.1 Å². The fourth-order valence-electron chi connectivity index (χ4n) is 3.27. The topological polar surface area (TPSA) is 84.0 Å². The Balaban J connectivity index is 1.59. The maximum Gasteiger partial charge on any atom is 0.135 e. The first kappa shape index (κ1) is 18.8. The van der Waals surface area contributed by atoms with Crippen LogP contribution in [-0.2, 0) is 6.54 Å². The molecule has 4 rings (SSSR count). The minimum Gasteiger partial charge on any atom is -0.509 e. The van der Waals surface area contributed by atoms with E-state index in [0.29, 0.717) is 22.7 Å². The molecule has 1 atom stereocenters. The van der Waals surface area contributed by atoms with Gasteiger partial charge in [-0.05, 0) is 36.8 Å². The van der Waals surface area contributed by atoms with Gasteiger partial charge in [0.25, 0.3) is 0 Å². The number of nitrogens with one attached hydrogen (secondary N) is 1. The Morgan fingerprint density at radius 2 is 1.90 bits per heavy atom. The quantitative estimate of drug-likeness (QED) is 0.643. The number of aliphatic hydroxyl groups is 1. The summed E-state index contributed by atoms with van der Waals surface area (Å²) in [5.41, 5.74) is 3.45. The van der Waals surface area contributed by atoms with Crippen LogP contribution in [0, 0.1) is 22.6 Å². The smallest absolute Gasteiger partial charge is 0.135 e. The SMILES string of the molecule is CC1C(O)=C(c2nc(-c3ccc(C#N)cc3)cs2)C(=N)N1Cc1ccc(F)cc1. The molecule has 0 aliphatic carbocycles. The van der Waals surface area contributed by atoms with Crippen molar-refractivity contribution in [1.29, 1.82) is 10.7 Å². The second-order valence-corrected chi connectivity index (χ2v) is 7.62. The van der Waals surface area contributed by atoms with E-state index in [1.165, 1.54) is 23.5 Å². The Labute approximate surface area is 171 Å². The average Bonchev–Trinajstić information content (AvgIpc) is 3.29. The van der Waals surface area contributed by atoms with Gasteiger partial charge in [-0.2, -0.15) is 5.26 Å². The normalized spacial score (nSPS) is 16.4. The molecule has 1 aliphatic rings. The van der Waals surface area contributed by atoms with Crippen LogP contribution in [0.4, 0.5) is 4.39 Å². The Morgan fingerprint density at radius 3 is 2.55 bits per heavy atom. The van der Waals surface area contributed by atoms with E-state index in [1.54, 1.807) is 29.2 Å². The van der Waals surface area contributed by atoms with Crippen molar-refractivity contribution in [3.63, 3.8) is 0 Å². The molecular weight excluding hydrogens is 387 g/mol. The van der Waals surface area contributed by atoms with Crippen LogP contribution >= 0.6 is 11.3 Å². The number of rotatable bonds is 4. The number of hydrogen-bond acceptors (Lipinski definition) is 5. The van der Waals surface area contributed by atoms with Gasteiger partial charge in [-0.3, -0.25) is 5.41 Å². The Kier molecular flexibility index (Phi) is 4.87. The summed E-state index contributed by atoms with van der Waals surface area (Å²) in [6.07, 6.45) is 0. The molecular formula is C22H17FN4OS. The molecule has 1 aromatic heterocycles. The van der Waals surface area contributed by atoms with Gasteiger partial charge in [0.1, 0.15) is 22.4 Å². The summed E-state index contributed by atoms with van der Waals surface area (Å²) in [5.74, 6) is -0.00373. The number of hydrogen-bond donors (Lipinski definition) is 2. The van der Waals surface area contributed by atoms with E-state index >= 15 is 0 Å². The zero-order valence-corrected chi connectivity index (χ0v) is 16.4. The van der Waals surface area contributed by atoms with E-state index in [1.807, 2.05) is 24.4 Å². The molecule has 0 bridgehead atoms. The average molecular weight is 404 g/mol. The summed E-state index contributed by atoms with van der Waals surface area (Å²) in [4.78, 5) is 6.37. The monoisotopic (exact) mass is 404 g/mol. The third-order valence-corrected chi connectivity index (χ3v) is 5.80. The molecule has 144 valence electrons. The van der Waals surface area contributed by atoms with Gasteiger partial charge in [0.05, 0.1) is 28.9 Å². The number of nitrogens with zero attached hydrogens (tertiary/aromatic N) is 3. The molecule has 3 aromatic rings. The molecule has 0 saturated heterocycles. The highest BCUT2D eigenvalue weighted by molar-refractivity contribution is 7.11. The van der Waals surface area contributed by atoms with Crippen LogP contribution in [0.2, 0.25) is 0 Å². The third kappa shape index (κ3) is 3.50. The second kappa shape index (κ2) is 7.49. The fraction of sp³-hybridized carbons (Fsp3) is 0.136. The molecule has 0 fully saturated rings. The first-order valence-electron chi connectivity index (χ1n) is 8.97. The van der Waals surface area contributed by atoms with Gasteiger partial charge in [0, 0.05) is 17.5 Å². The molecule has 0 amide bonds. The van der Waals surface area contributed by atoms with Gasteiger partial charge >= 0.3 is 0 Å². The van der Waals surface area contributed by atoms with Crippen LogP contribution in [0.3, 0.4) is 0 Å². The number of benzene rings is 2. The number of amidine groups is 1. The molecule has 0 spiro atoms. The lowest BCUT2D eigenvalue weighted by molar-refractivity contribution is 0.281. The lowest BCUT2D eigenvalue weighted by Gasteiger charge is -2.24.